The Hall–Kier alpha value is -1.02. The van der Waals surface area contributed by atoms with Crippen molar-refractivity contribution in [2.45, 2.75) is 37.9 Å². The van der Waals surface area contributed by atoms with Crippen LogP contribution in [-0.2, 0) is 19.5 Å². The molecule has 1 saturated carbocycles. The standard InChI is InChI=1S/C6H12O2.2C6H5.Zn/c7-5-1-2-6(8)4-3-5;2*1-2-4-6-5-3-1;/h5-8H,1-4H2;2*1-5H;/q;2*-1;+2. The molecule has 0 atom stereocenters. The molecule has 2 nitrogen and oxygen atoms in total. The molecule has 0 saturated heterocycles. The van der Waals surface area contributed by atoms with Crippen LogP contribution >= 0.6 is 0 Å². The molecule has 0 radical (unpaired) electrons. The van der Waals surface area contributed by atoms with Crippen LogP contribution in [0.5, 0.6) is 0 Å². The van der Waals surface area contributed by atoms with Crippen molar-refractivity contribution in [2.24, 2.45) is 0 Å². The molecule has 2 aromatic rings. The van der Waals surface area contributed by atoms with E-state index in [1.54, 1.807) is 0 Å². The quantitative estimate of drug-likeness (QED) is 0.573. The molecule has 0 amide bonds. The second-order valence-corrected chi connectivity index (χ2v) is 4.62. The molecule has 2 N–H and O–H groups in total. The molecule has 1 fully saturated rings. The van der Waals surface area contributed by atoms with E-state index >= 15 is 0 Å². The minimum atomic E-state index is -0.140. The molecule has 0 aromatic heterocycles. The van der Waals surface area contributed by atoms with Crippen molar-refractivity contribution in [2.75, 3.05) is 0 Å². The third-order valence-corrected chi connectivity index (χ3v) is 2.88. The molecule has 3 rings (SSSR count). The number of benzene rings is 2. The third kappa shape index (κ3) is 12.4. The predicted octanol–water partition coefficient (Wildman–Crippen LogP) is 3.25. The summed E-state index contributed by atoms with van der Waals surface area (Å²) < 4.78 is 0. The molecule has 3 heteroatoms. The van der Waals surface area contributed by atoms with Gasteiger partial charge in [0.25, 0.3) is 0 Å². The van der Waals surface area contributed by atoms with Gasteiger partial charge >= 0.3 is 19.5 Å². The number of hydrogen-bond donors (Lipinski definition) is 2. The van der Waals surface area contributed by atoms with Crippen LogP contribution < -0.4 is 0 Å². The second kappa shape index (κ2) is 13.9. The number of hydrogen-bond acceptors (Lipinski definition) is 2. The summed E-state index contributed by atoms with van der Waals surface area (Å²) in [6.45, 7) is 0. The van der Waals surface area contributed by atoms with Gasteiger partial charge in [-0.05, 0) is 25.7 Å². The summed E-state index contributed by atoms with van der Waals surface area (Å²) in [5.41, 5.74) is 0. The average Bonchev–Trinajstić information content (AvgIpc) is 2.55. The van der Waals surface area contributed by atoms with E-state index in [2.05, 4.69) is 12.1 Å². The molecule has 1 aliphatic carbocycles. The normalized spacial score (nSPS) is 19.7. The van der Waals surface area contributed by atoms with E-state index in [4.69, 9.17) is 10.2 Å². The van der Waals surface area contributed by atoms with E-state index < -0.39 is 0 Å². The van der Waals surface area contributed by atoms with Crippen molar-refractivity contribution in [1.29, 1.82) is 0 Å². The Kier molecular flexibility index (Phi) is 13.3. The predicted molar refractivity (Wildman–Crippen MR) is 81.0 cm³/mol. The van der Waals surface area contributed by atoms with Crippen LogP contribution in [-0.4, -0.2) is 22.4 Å². The van der Waals surface area contributed by atoms with Crippen LogP contribution in [0.3, 0.4) is 0 Å². The Balaban J connectivity index is 0.000000283. The third-order valence-electron chi connectivity index (χ3n) is 2.88. The van der Waals surface area contributed by atoms with Gasteiger partial charge in [-0.15, -0.1) is 0 Å². The van der Waals surface area contributed by atoms with Gasteiger partial charge in [-0.25, -0.2) is 0 Å². The molecule has 108 valence electrons. The maximum atomic E-state index is 8.92. The van der Waals surface area contributed by atoms with Gasteiger partial charge in [-0.2, -0.15) is 72.8 Å². The molecule has 0 heterocycles. The van der Waals surface area contributed by atoms with Crippen molar-refractivity contribution in [3.05, 3.63) is 72.8 Å². The van der Waals surface area contributed by atoms with Crippen molar-refractivity contribution >= 4 is 0 Å². The van der Waals surface area contributed by atoms with E-state index in [1.165, 1.54) is 0 Å². The fraction of sp³-hybridized carbons (Fsp3) is 0.333. The zero-order valence-electron chi connectivity index (χ0n) is 12.4. The van der Waals surface area contributed by atoms with E-state index in [9.17, 15) is 0 Å². The van der Waals surface area contributed by atoms with E-state index in [-0.39, 0.29) is 31.7 Å². The van der Waals surface area contributed by atoms with Gasteiger partial charge in [0.15, 0.2) is 0 Å². The van der Waals surface area contributed by atoms with Gasteiger partial charge in [-0.1, -0.05) is 0 Å². The van der Waals surface area contributed by atoms with E-state index in [0.29, 0.717) is 0 Å². The van der Waals surface area contributed by atoms with Crippen molar-refractivity contribution in [3.63, 3.8) is 0 Å². The molecule has 1 aliphatic rings. The summed E-state index contributed by atoms with van der Waals surface area (Å²) in [5.74, 6) is 0. The molecule has 21 heavy (non-hydrogen) atoms. The number of aliphatic hydroxyl groups excluding tert-OH is 2. The van der Waals surface area contributed by atoms with Crippen LogP contribution in [0.1, 0.15) is 25.7 Å². The smallest absolute Gasteiger partial charge is 0.393 e. The average molecular weight is 336 g/mol. The van der Waals surface area contributed by atoms with Gasteiger partial charge in [0, 0.05) is 0 Å². The SMILES string of the molecule is OC1CCC(O)CC1.[Zn+2].[c-]1ccccc1.[c-]1ccccc1. The molecule has 0 bridgehead atoms. The summed E-state index contributed by atoms with van der Waals surface area (Å²) in [6, 6.07) is 25.0. The van der Waals surface area contributed by atoms with Crippen molar-refractivity contribution in [1.82, 2.24) is 0 Å². The molecular weight excluding hydrogens is 314 g/mol. The first kappa shape index (κ1) is 20.0. The summed E-state index contributed by atoms with van der Waals surface area (Å²) in [7, 11) is 0. The van der Waals surface area contributed by atoms with Gasteiger partial charge < -0.3 is 10.2 Å². The van der Waals surface area contributed by atoms with E-state index in [1.807, 2.05) is 60.7 Å². The first-order valence-electron chi connectivity index (χ1n) is 6.97. The topological polar surface area (TPSA) is 40.5 Å². The number of aliphatic hydroxyl groups is 2. The monoisotopic (exact) mass is 334 g/mol. The Morgan fingerprint density at radius 3 is 1.00 bits per heavy atom. The molecule has 0 aliphatic heterocycles. The zero-order chi connectivity index (χ0) is 14.5. The molecule has 0 unspecified atom stereocenters. The van der Waals surface area contributed by atoms with Crippen LogP contribution in [0.4, 0.5) is 0 Å². The maximum Gasteiger partial charge on any atom is 2.00 e. The van der Waals surface area contributed by atoms with Crippen LogP contribution in [0.25, 0.3) is 0 Å². The Morgan fingerprint density at radius 2 is 0.857 bits per heavy atom. The van der Waals surface area contributed by atoms with Crippen LogP contribution in [0.15, 0.2) is 60.7 Å². The fourth-order valence-electron chi connectivity index (χ4n) is 1.74. The Labute approximate surface area is 140 Å². The van der Waals surface area contributed by atoms with E-state index in [0.717, 1.165) is 25.7 Å². The zero-order valence-corrected chi connectivity index (χ0v) is 15.3. The molecule has 2 aromatic carbocycles. The van der Waals surface area contributed by atoms with Gasteiger partial charge in [0.2, 0.25) is 0 Å². The summed E-state index contributed by atoms with van der Waals surface area (Å²) in [5, 5.41) is 17.8. The summed E-state index contributed by atoms with van der Waals surface area (Å²) in [6.07, 6.45) is 2.83. The molecule has 0 spiro atoms. The van der Waals surface area contributed by atoms with Crippen molar-refractivity contribution in [3.8, 4) is 0 Å². The fourth-order valence-corrected chi connectivity index (χ4v) is 1.74. The second-order valence-electron chi connectivity index (χ2n) is 4.62. The summed E-state index contributed by atoms with van der Waals surface area (Å²) >= 11 is 0. The van der Waals surface area contributed by atoms with Gasteiger partial charge in [-0.3, -0.25) is 0 Å². The number of rotatable bonds is 0. The minimum Gasteiger partial charge on any atom is -0.393 e. The maximum absolute atomic E-state index is 8.92. The Bertz CT molecular complexity index is 305. The minimum absolute atomic E-state index is 0. The first-order chi connectivity index (χ1) is 9.79. The van der Waals surface area contributed by atoms with Gasteiger partial charge in [0.1, 0.15) is 0 Å². The largest absolute Gasteiger partial charge is 2.00 e. The van der Waals surface area contributed by atoms with Crippen LogP contribution in [0.2, 0.25) is 0 Å². The first-order valence-corrected chi connectivity index (χ1v) is 6.97. The van der Waals surface area contributed by atoms with Gasteiger partial charge in [0.05, 0.1) is 12.2 Å². The summed E-state index contributed by atoms with van der Waals surface area (Å²) in [4.78, 5) is 0. The molecular formula is C18H22O2Zn. The van der Waals surface area contributed by atoms with Crippen molar-refractivity contribution < 1.29 is 29.7 Å². The Morgan fingerprint density at radius 1 is 0.571 bits per heavy atom. The van der Waals surface area contributed by atoms with Crippen LogP contribution in [0, 0.1) is 12.1 Å².